The number of likely N-dealkylation sites (tertiary alicyclic amines) is 1. The molecule has 1 aromatic rings. The van der Waals surface area contributed by atoms with Crippen molar-refractivity contribution >= 4 is 0 Å². The summed E-state index contributed by atoms with van der Waals surface area (Å²) in [4.78, 5) is 2.15. The van der Waals surface area contributed by atoms with Crippen molar-refractivity contribution in [2.24, 2.45) is 5.73 Å². The van der Waals surface area contributed by atoms with E-state index in [-0.39, 0.29) is 12.1 Å². The van der Waals surface area contributed by atoms with Gasteiger partial charge in [0.1, 0.15) is 11.6 Å². The first-order valence-corrected chi connectivity index (χ1v) is 5.52. The number of benzene rings is 1. The van der Waals surface area contributed by atoms with E-state index in [0.29, 0.717) is 5.56 Å². The molecule has 1 fully saturated rings. The molecular formula is C12H16F2N2. The maximum absolute atomic E-state index is 13.1. The maximum Gasteiger partial charge on any atom is 0.126 e. The lowest BCUT2D eigenvalue weighted by atomic mass is 10.1. The van der Waals surface area contributed by atoms with E-state index < -0.39 is 11.6 Å². The highest BCUT2D eigenvalue weighted by Gasteiger charge is 2.24. The molecule has 2 N–H and O–H groups in total. The predicted molar refractivity (Wildman–Crippen MR) is 58.9 cm³/mol. The molecule has 4 heteroatoms. The lowest BCUT2D eigenvalue weighted by Gasteiger charge is -2.24. The number of nitrogens with zero attached hydrogens (tertiary/aromatic N) is 1. The van der Waals surface area contributed by atoms with Crippen molar-refractivity contribution in [3.63, 3.8) is 0 Å². The molecule has 0 aliphatic carbocycles. The molecule has 0 amide bonds. The summed E-state index contributed by atoms with van der Waals surface area (Å²) >= 11 is 0. The van der Waals surface area contributed by atoms with Crippen molar-refractivity contribution in [3.05, 3.63) is 35.4 Å². The molecule has 1 aromatic carbocycles. The lowest BCUT2D eigenvalue weighted by molar-refractivity contribution is 0.259. The van der Waals surface area contributed by atoms with Crippen molar-refractivity contribution in [1.82, 2.24) is 4.90 Å². The molecule has 16 heavy (non-hydrogen) atoms. The Morgan fingerprint density at radius 2 is 1.94 bits per heavy atom. The zero-order valence-electron chi connectivity index (χ0n) is 9.29. The van der Waals surface area contributed by atoms with Crippen LogP contribution >= 0.6 is 0 Å². The summed E-state index contributed by atoms with van der Waals surface area (Å²) < 4.78 is 26.1. The van der Waals surface area contributed by atoms with Crippen molar-refractivity contribution < 1.29 is 8.78 Å². The third kappa shape index (κ3) is 2.39. The van der Waals surface area contributed by atoms with E-state index in [4.69, 9.17) is 5.73 Å². The average Bonchev–Trinajstić information content (AvgIpc) is 2.62. The Morgan fingerprint density at radius 3 is 2.44 bits per heavy atom. The van der Waals surface area contributed by atoms with Crippen molar-refractivity contribution in [1.29, 1.82) is 0 Å². The summed E-state index contributed by atoms with van der Waals surface area (Å²) in [6.45, 7) is 3.63. The Kier molecular flexibility index (Phi) is 3.21. The fraction of sp³-hybridized carbons (Fsp3) is 0.500. The van der Waals surface area contributed by atoms with Gasteiger partial charge < -0.3 is 5.73 Å². The minimum Gasteiger partial charge on any atom is -0.326 e. The molecule has 2 nitrogen and oxygen atoms in total. The molecule has 1 heterocycles. The molecule has 0 saturated carbocycles. The van der Waals surface area contributed by atoms with Gasteiger partial charge in [-0.15, -0.1) is 0 Å². The number of nitrogens with two attached hydrogens (primary N) is 1. The number of hydrogen-bond donors (Lipinski definition) is 1. The summed E-state index contributed by atoms with van der Waals surface area (Å²) in [5.41, 5.74) is 6.48. The van der Waals surface area contributed by atoms with Crippen LogP contribution in [-0.4, -0.2) is 24.0 Å². The summed E-state index contributed by atoms with van der Waals surface area (Å²) in [6, 6.07) is 3.86. The van der Waals surface area contributed by atoms with Gasteiger partial charge in [-0.25, -0.2) is 8.78 Å². The Bertz CT molecular complexity index is 361. The highest BCUT2D eigenvalue weighted by Crippen LogP contribution is 2.25. The Morgan fingerprint density at radius 1 is 1.31 bits per heavy atom. The molecule has 2 unspecified atom stereocenters. The third-order valence-corrected chi connectivity index (χ3v) is 3.17. The number of hydrogen-bond acceptors (Lipinski definition) is 2. The van der Waals surface area contributed by atoms with Gasteiger partial charge in [0.2, 0.25) is 0 Å². The maximum atomic E-state index is 13.1. The van der Waals surface area contributed by atoms with E-state index in [9.17, 15) is 8.78 Å². The standard InChI is InChI=1S/C12H16F2N2/c1-8(16-3-2-12(15)7-16)9-4-10(13)6-11(14)5-9/h4-6,8,12H,2-3,7,15H2,1H3. The van der Waals surface area contributed by atoms with Gasteiger partial charge in [-0.05, 0) is 31.0 Å². The normalized spacial score (nSPS) is 23.6. The van der Waals surface area contributed by atoms with Crippen LogP contribution < -0.4 is 5.73 Å². The average molecular weight is 226 g/mol. The van der Waals surface area contributed by atoms with Crippen LogP contribution in [0.1, 0.15) is 24.9 Å². The molecule has 2 atom stereocenters. The molecule has 0 spiro atoms. The molecule has 88 valence electrons. The van der Waals surface area contributed by atoms with Gasteiger partial charge in [0.05, 0.1) is 0 Å². The topological polar surface area (TPSA) is 29.3 Å². The first-order valence-electron chi connectivity index (χ1n) is 5.52. The number of rotatable bonds is 2. The number of halogens is 2. The van der Waals surface area contributed by atoms with Gasteiger partial charge in [0, 0.05) is 31.2 Å². The smallest absolute Gasteiger partial charge is 0.126 e. The molecule has 1 aliphatic heterocycles. The van der Waals surface area contributed by atoms with Crippen LogP contribution in [0.15, 0.2) is 18.2 Å². The van der Waals surface area contributed by atoms with E-state index in [1.165, 1.54) is 12.1 Å². The minimum absolute atomic E-state index is 0.0127. The lowest BCUT2D eigenvalue weighted by Crippen LogP contribution is -2.28. The SMILES string of the molecule is CC(c1cc(F)cc(F)c1)N1CCC(N)C1. The fourth-order valence-electron chi connectivity index (χ4n) is 2.19. The van der Waals surface area contributed by atoms with E-state index in [1.807, 2.05) is 6.92 Å². The molecular weight excluding hydrogens is 210 g/mol. The van der Waals surface area contributed by atoms with E-state index in [1.54, 1.807) is 0 Å². The second-order valence-corrected chi connectivity index (χ2v) is 4.42. The second-order valence-electron chi connectivity index (χ2n) is 4.42. The summed E-state index contributed by atoms with van der Waals surface area (Å²) in [5, 5.41) is 0. The minimum atomic E-state index is -0.523. The van der Waals surface area contributed by atoms with E-state index in [2.05, 4.69) is 4.90 Å². The van der Waals surface area contributed by atoms with Gasteiger partial charge in [0.25, 0.3) is 0 Å². The summed E-state index contributed by atoms with van der Waals surface area (Å²) in [7, 11) is 0. The van der Waals surface area contributed by atoms with Crippen LogP contribution in [-0.2, 0) is 0 Å². The first-order chi connectivity index (χ1) is 7.56. The first kappa shape index (κ1) is 11.5. The molecule has 0 aromatic heterocycles. The highest BCUT2D eigenvalue weighted by molar-refractivity contribution is 5.21. The van der Waals surface area contributed by atoms with Crippen molar-refractivity contribution in [3.8, 4) is 0 Å². The van der Waals surface area contributed by atoms with Crippen LogP contribution in [0.4, 0.5) is 8.78 Å². The molecule has 0 bridgehead atoms. The fourth-order valence-corrected chi connectivity index (χ4v) is 2.19. The van der Waals surface area contributed by atoms with Crippen molar-refractivity contribution in [2.45, 2.75) is 25.4 Å². The zero-order valence-corrected chi connectivity index (χ0v) is 9.29. The summed E-state index contributed by atoms with van der Waals surface area (Å²) in [6.07, 6.45) is 0.947. The highest BCUT2D eigenvalue weighted by atomic mass is 19.1. The molecule has 1 saturated heterocycles. The Hall–Kier alpha value is -1.00. The molecule has 2 rings (SSSR count). The Labute approximate surface area is 94.0 Å². The van der Waals surface area contributed by atoms with Crippen LogP contribution in [0.5, 0.6) is 0 Å². The quantitative estimate of drug-likeness (QED) is 0.836. The zero-order chi connectivity index (χ0) is 11.7. The predicted octanol–water partition coefficient (Wildman–Crippen LogP) is 2.06. The third-order valence-electron chi connectivity index (χ3n) is 3.17. The summed E-state index contributed by atoms with van der Waals surface area (Å²) in [5.74, 6) is -1.05. The van der Waals surface area contributed by atoms with Crippen molar-refractivity contribution in [2.75, 3.05) is 13.1 Å². The molecule has 0 radical (unpaired) electrons. The van der Waals surface area contributed by atoms with Crippen LogP contribution in [0.3, 0.4) is 0 Å². The van der Waals surface area contributed by atoms with Gasteiger partial charge in [-0.2, -0.15) is 0 Å². The second kappa shape index (κ2) is 4.47. The van der Waals surface area contributed by atoms with E-state index in [0.717, 1.165) is 25.6 Å². The Balaban J connectivity index is 2.17. The van der Waals surface area contributed by atoms with Gasteiger partial charge in [0.15, 0.2) is 0 Å². The van der Waals surface area contributed by atoms with Crippen LogP contribution in [0.25, 0.3) is 0 Å². The van der Waals surface area contributed by atoms with Crippen LogP contribution in [0, 0.1) is 11.6 Å². The van der Waals surface area contributed by atoms with Gasteiger partial charge >= 0.3 is 0 Å². The van der Waals surface area contributed by atoms with Gasteiger partial charge in [-0.3, -0.25) is 4.90 Å². The monoisotopic (exact) mass is 226 g/mol. The molecule has 1 aliphatic rings. The van der Waals surface area contributed by atoms with Crippen LogP contribution in [0.2, 0.25) is 0 Å². The largest absolute Gasteiger partial charge is 0.326 e. The van der Waals surface area contributed by atoms with E-state index >= 15 is 0 Å². The van der Waals surface area contributed by atoms with Gasteiger partial charge in [-0.1, -0.05) is 0 Å².